The Labute approximate surface area is 157 Å². The van der Waals surface area contributed by atoms with Crippen molar-refractivity contribution in [1.29, 1.82) is 0 Å². The smallest absolute Gasteiger partial charge is 0.273 e. The zero-order chi connectivity index (χ0) is 20.0. The molecule has 0 aliphatic heterocycles. The van der Waals surface area contributed by atoms with Gasteiger partial charge in [0.15, 0.2) is 18.1 Å². The highest BCUT2D eigenvalue weighted by Crippen LogP contribution is 2.28. The number of nitrogen functional groups attached to an aromatic ring is 1. The summed E-state index contributed by atoms with van der Waals surface area (Å²) in [5.41, 5.74) is 7.01. The van der Waals surface area contributed by atoms with Crippen LogP contribution in [0.1, 0.15) is 18.1 Å². The van der Waals surface area contributed by atoms with E-state index in [1.165, 1.54) is 17.2 Å². The molecule has 0 atom stereocenters. The van der Waals surface area contributed by atoms with Crippen molar-refractivity contribution >= 4 is 17.9 Å². The van der Waals surface area contributed by atoms with Crippen LogP contribution in [0.25, 0.3) is 0 Å². The van der Waals surface area contributed by atoms with Crippen LogP contribution >= 0.6 is 0 Å². The van der Waals surface area contributed by atoms with Crippen LogP contribution in [-0.4, -0.2) is 49.0 Å². The first-order valence-corrected chi connectivity index (χ1v) is 8.45. The minimum Gasteiger partial charge on any atom is -0.490 e. The monoisotopic (exact) mass is 372 g/mol. The summed E-state index contributed by atoms with van der Waals surface area (Å²) in [6.45, 7) is 3.99. The number of rotatable bonds is 7. The normalized spacial score (nSPS) is 10.8. The number of benzene rings is 1. The Hall–Kier alpha value is -3.29. The Morgan fingerprint density at radius 1 is 1.22 bits per heavy atom. The molecule has 27 heavy (non-hydrogen) atoms. The second kappa shape index (κ2) is 8.88. The molecule has 0 unspecified atom stereocenters. The Bertz CT molecular complexity index is 903. The standard InChI is InChI=1S/C19H24N4O4/c1-5-26-16-10-14(6-7-15(16)27-12-19(25)22(3)4)11-21-23-17(20)8-13(2)9-18(23)24/h6-11H,5,12,20H2,1-4H3/b21-11-. The largest absolute Gasteiger partial charge is 0.490 e. The van der Waals surface area contributed by atoms with Gasteiger partial charge in [-0.15, -0.1) is 0 Å². The molecule has 8 heteroatoms. The zero-order valence-electron chi connectivity index (χ0n) is 15.9. The number of nitrogens with zero attached hydrogens (tertiary/aromatic N) is 3. The van der Waals surface area contributed by atoms with Crippen molar-refractivity contribution in [2.75, 3.05) is 33.0 Å². The van der Waals surface area contributed by atoms with Crippen molar-refractivity contribution in [3.05, 3.63) is 51.8 Å². The molecule has 2 N–H and O–H groups in total. The molecule has 144 valence electrons. The van der Waals surface area contributed by atoms with E-state index >= 15 is 0 Å². The molecule has 0 saturated heterocycles. The molecule has 0 fully saturated rings. The number of hydrogen-bond donors (Lipinski definition) is 1. The van der Waals surface area contributed by atoms with Gasteiger partial charge in [-0.25, -0.2) is 0 Å². The molecule has 0 bridgehead atoms. The van der Waals surface area contributed by atoms with Gasteiger partial charge in [0, 0.05) is 20.2 Å². The van der Waals surface area contributed by atoms with Crippen molar-refractivity contribution in [1.82, 2.24) is 9.58 Å². The van der Waals surface area contributed by atoms with E-state index < -0.39 is 0 Å². The lowest BCUT2D eigenvalue weighted by Gasteiger charge is -2.14. The van der Waals surface area contributed by atoms with Crippen LogP contribution in [0.2, 0.25) is 0 Å². The van der Waals surface area contributed by atoms with Crippen LogP contribution in [0.3, 0.4) is 0 Å². The van der Waals surface area contributed by atoms with E-state index in [1.54, 1.807) is 45.3 Å². The molecule has 0 radical (unpaired) electrons. The average Bonchev–Trinajstić information content (AvgIpc) is 2.60. The van der Waals surface area contributed by atoms with E-state index in [0.29, 0.717) is 23.7 Å². The minimum absolute atomic E-state index is 0.0875. The van der Waals surface area contributed by atoms with E-state index in [-0.39, 0.29) is 23.9 Å². The number of aryl methyl sites for hydroxylation is 1. The summed E-state index contributed by atoms with van der Waals surface area (Å²) in [7, 11) is 3.32. The van der Waals surface area contributed by atoms with Crippen molar-refractivity contribution in [2.24, 2.45) is 5.10 Å². The third-order valence-corrected chi connectivity index (χ3v) is 3.62. The van der Waals surface area contributed by atoms with Gasteiger partial charge in [0.1, 0.15) is 5.82 Å². The van der Waals surface area contributed by atoms with Crippen LogP contribution in [-0.2, 0) is 4.79 Å². The average molecular weight is 372 g/mol. The molecule has 2 aromatic rings. The molecule has 1 amide bonds. The zero-order valence-corrected chi connectivity index (χ0v) is 15.9. The Morgan fingerprint density at radius 2 is 1.96 bits per heavy atom. The summed E-state index contributed by atoms with van der Waals surface area (Å²) in [6, 6.07) is 8.28. The highest BCUT2D eigenvalue weighted by Gasteiger charge is 2.10. The fraction of sp³-hybridized carbons (Fsp3) is 0.316. The third kappa shape index (κ3) is 5.34. The van der Waals surface area contributed by atoms with Crippen molar-refractivity contribution in [3.63, 3.8) is 0 Å². The van der Waals surface area contributed by atoms with E-state index in [4.69, 9.17) is 15.2 Å². The number of aromatic nitrogens is 1. The van der Waals surface area contributed by atoms with Crippen LogP contribution in [0.15, 0.2) is 40.2 Å². The summed E-state index contributed by atoms with van der Waals surface area (Å²) in [6.07, 6.45) is 1.50. The van der Waals surface area contributed by atoms with Gasteiger partial charge in [-0.05, 0) is 49.2 Å². The van der Waals surface area contributed by atoms with Gasteiger partial charge in [0.05, 0.1) is 12.8 Å². The Kier molecular flexibility index (Phi) is 6.59. The summed E-state index contributed by atoms with van der Waals surface area (Å²) >= 11 is 0. The number of carbonyl (C=O) groups is 1. The van der Waals surface area contributed by atoms with Crippen molar-refractivity contribution in [2.45, 2.75) is 13.8 Å². The summed E-state index contributed by atoms with van der Waals surface area (Å²) < 4.78 is 12.2. The molecule has 0 spiro atoms. The topological polar surface area (TPSA) is 99.1 Å². The van der Waals surface area contributed by atoms with E-state index in [0.717, 1.165) is 10.2 Å². The lowest BCUT2D eigenvalue weighted by atomic mass is 10.2. The predicted octanol–water partition coefficient (Wildman–Crippen LogP) is 1.49. The second-order valence-electron chi connectivity index (χ2n) is 6.07. The molecule has 8 nitrogen and oxygen atoms in total. The van der Waals surface area contributed by atoms with Crippen molar-refractivity contribution < 1.29 is 14.3 Å². The number of hydrogen-bond acceptors (Lipinski definition) is 6. The highest BCUT2D eigenvalue weighted by atomic mass is 16.5. The number of ether oxygens (including phenoxy) is 2. The highest BCUT2D eigenvalue weighted by molar-refractivity contribution is 5.81. The van der Waals surface area contributed by atoms with E-state index in [2.05, 4.69) is 5.10 Å². The Balaban J connectivity index is 2.25. The Morgan fingerprint density at radius 3 is 2.59 bits per heavy atom. The van der Waals surface area contributed by atoms with Crippen molar-refractivity contribution in [3.8, 4) is 11.5 Å². The fourth-order valence-corrected chi connectivity index (χ4v) is 2.23. The molecule has 1 aromatic carbocycles. The lowest BCUT2D eigenvalue weighted by molar-refractivity contribution is -0.130. The quantitative estimate of drug-likeness (QED) is 0.743. The van der Waals surface area contributed by atoms with Gasteiger partial charge in [0.2, 0.25) is 0 Å². The molecule has 1 aromatic heterocycles. The molecule has 2 rings (SSSR count). The number of carbonyl (C=O) groups excluding carboxylic acids is 1. The summed E-state index contributed by atoms with van der Waals surface area (Å²) in [5, 5.41) is 4.14. The number of nitrogens with two attached hydrogens (primary N) is 1. The maximum absolute atomic E-state index is 12.0. The number of anilines is 1. The first-order valence-electron chi connectivity index (χ1n) is 8.45. The fourth-order valence-electron chi connectivity index (χ4n) is 2.23. The minimum atomic E-state index is -0.309. The second-order valence-corrected chi connectivity index (χ2v) is 6.07. The van der Waals surface area contributed by atoms with Crippen LogP contribution in [0.5, 0.6) is 11.5 Å². The molecule has 0 aliphatic carbocycles. The molecular weight excluding hydrogens is 348 g/mol. The number of amides is 1. The van der Waals surface area contributed by atoms with Gasteiger partial charge in [0.25, 0.3) is 11.5 Å². The maximum atomic E-state index is 12.0. The van der Waals surface area contributed by atoms with Gasteiger partial charge in [-0.2, -0.15) is 9.78 Å². The number of pyridine rings is 1. The SMILES string of the molecule is CCOc1cc(/C=N\n2c(N)cc(C)cc2=O)ccc1OCC(=O)N(C)C. The maximum Gasteiger partial charge on any atom is 0.273 e. The molecule has 0 saturated carbocycles. The van der Waals surface area contributed by atoms with Gasteiger partial charge < -0.3 is 20.1 Å². The van der Waals surface area contributed by atoms with Crippen LogP contribution < -0.4 is 20.8 Å². The molecular formula is C19H24N4O4. The van der Waals surface area contributed by atoms with Gasteiger partial charge >= 0.3 is 0 Å². The molecule has 1 heterocycles. The van der Waals surface area contributed by atoms with E-state index in [9.17, 15) is 9.59 Å². The van der Waals surface area contributed by atoms with Gasteiger partial charge in [-0.3, -0.25) is 9.59 Å². The van der Waals surface area contributed by atoms with E-state index in [1.807, 2.05) is 6.92 Å². The van der Waals surface area contributed by atoms with Gasteiger partial charge in [-0.1, -0.05) is 0 Å². The predicted molar refractivity (Wildman–Crippen MR) is 105 cm³/mol. The summed E-state index contributed by atoms with van der Waals surface area (Å²) in [4.78, 5) is 25.1. The molecule has 0 aliphatic rings. The summed E-state index contributed by atoms with van der Waals surface area (Å²) in [5.74, 6) is 1.04. The first kappa shape index (κ1) is 20.0. The third-order valence-electron chi connectivity index (χ3n) is 3.62. The first-order chi connectivity index (χ1) is 12.8. The van der Waals surface area contributed by atoms with Crippen LogP contribution in [0.4, 0.5) is 5.82 Å². The lowest BCUT2D eigenvalue weighted by Crippen LogP contribution is -2.27. The van der Waals surface area contributed by atoms with Crippen LogP contribution in [0, 0.1) is 6.92 Å². The number of likely N-dealkylation sites (N-methyl/N-ethyl adjacent to an activating group) is 1.